The summed E-state index contributed by atoms with van der Waals surface area (Å²) >= 11 is 0. The highest BCUT2D eigenvalue weighted by Gasteiger charge is 2.23. The predicted molar refractivity (Wildman–Crippen MR) is 73.1 cm³/mol. The van der Waals surface area contributed by atoms with Crippen LogP contribution in [0.3, 0.4) is 0 Å². The van der Waals surface area contributed by atoms with E-state index in [1.165, 1.54) is 0 Å². The normalized spacial score (nSPS) is 15.6. The minimum Gasteiger partial charge on any atom is -0.481 e. The number of hydrogen-bond acceptors (Lipinski definition) is 3. The minimum absolute atomic E-state index is 0.0591. The third-order valence-electron chi connectivity index (χ3n) is 2.97. The van der Waals surface area contributed by atoms with Crippen LogP contribution in [0, 0.1) is 11.8 Å². The largest absolute Gasteiger partial charge is 0.481 e. The molecule has 1 unspecified atom stereocenters. The maximum absolute atomic E-state index is 11.5. The molecule has 3 amide bonds. The van der Waals surface area contributed by atoms with Gasteiger partial charge in [-0.15, -0.1) is 0 Å². The number of urea groups is 1. The molecule has 20 heavy (non-hydrogen) atoms. The molecule has 1 fully saturated rings. The third-order valence-corrected chi connectivity index (χ3v) is 2.97. The van der Waals surface area contributed by atoms with Gasteiger partial charge in [-0.2, -0.15) is 0 Å². The molecular weight excluding hydrogens is 262 g/mol. The van der Waals surface area contributed by atoms with Gasteiger partial charge in [0.25, 0.3) is 0 Å². The van der Waals surface area contributed by atoms with E-state index in [9.17, 15) is 14.4 Å². The highest BCUT2D eigenvalue weighted by atomic mass is 16.4. The van der Waals surface area contributed by atoms with Crippen molar-refractivity contribution in [3.05, 3.63) is 0 Å². The van der Waals surface area contributed by atoms with Crippen molar-refractivity contribution in [1.29, 1.82) is 0 Å². The lowest BCUT2D eigenvalue weighted by atomic mass is 9.97. The molecule has 0 aromatic heterocycles. The Hall–Kier alpha value is -1.79. The SMILES string of the molecule is CC(C)CC(CNC(=O)NCC(=O)NC1CC1)C(=O)O. The van der Waals surface area contributed by atoms with E-state index >= 15 is 0 Å². The molecule has 0 heterocycles. The molecule has 0 bridgehead atoms. The summed E-state index contributed by atoms with van der Waals surface area (Å²) in [5.41, 5.74) is 0. The molecule has 1 aliphatic carbocycles. The summed E-state index contributed by atoms with van der Waals surface area (Å²) in [6.45, 7) is 3.82. The van der Waals surface area contributed by atoms with Crippen LogP contribution < -0.4 is 16.0 Å². The molecule has 0 aromatic rings. The predicted octanol–water partition coefficient (Wildman–Crippen LogP) is 0.311. The van der Waals surface area contributed by atoms with Crippen molar-refractivity contribution in [3.8, 4) is 0 Å². The number of nitrogens with one attached hydrogen (secondary N) is 3. The molecule has 0 spiro atoms. The van der Waals surface area contributed by atoms with Crippen LogP contribution in [0.1, 0.15) is 33.1 Å². The molecule has 0 radical (unpaired) electrons. The van der Waals surface area contributed by atoms with E-state index in [-0.39, 0.29) is 31.0 Å². The summed E-state index contributed by atoms with van der Waals surface area (Å²) in [6.07, 6.45) is 2.48. The molecule has 7 nitrogen and oxygen atoms in total. The lowest BCUT2D eigenvalue weighted by Crippen LogP contribution is -2.44. The smallest absolute Gasteiger partial charge is 0.315 e. The Bertz CT molecular complexity index is 367. The number of carbonyl (C=O) groups is 3. The second-order valence-corrected chi connectivity index (χ2v) is 5.57. The van der Waals surface area contributed by atoms with Gasteiger partial charge >= 0.3 is 12.0 Å². The number of rotatable bonds is 8. The van der Waals surface area contributed by atoms with Crippen LogP contribution in [0.5, 0.6) is 0 Å². The Morgan fingerprint density at radius 2 is 1.85 bits per heavy atom. The van der Waals surface area contributed by atoms with Crippen molar-refractivity contribution in [2.75, 3.05) is 13.1 Å². The van der Waals surface area contributed by atoms with Crippen LogP contribution in [-0.4, -0.2) is 42.1 Å². The molecule has 0 aliphatic heterocycles. The average Bonchev–Trinajstić information content (AvgIpc) is 3.15. The van der Waals surface area contributed by atoms with E-state index in [0.29, 0.717) is 6.42 Å². The maximum atomic E-state index is 11.5. The molecule has 4 N–H and O–H groups in total. The fraction of sp³-hybridized carbons (Fsp3) is 0.769. The zero-order valence-corrected chi connectivity index (χ0v) is 11.9. The van der Waals surface area contributed by atoms with Crippen molar-refractivity contribution in [2.45, 2.75) is 39.2 Å². The number of hydrogen-bond donors (Lipinski definition) is 4. The Morgan fingerprint density at radius 1 is 1.20 bits per heavy atom. The molecule has 1 atom stereocenters. The Kier molecular flexibility index (Phi) is 6.27. The molecule has 1 aliphatic rings. The van der Waals surface area contributed by atoms with Gasteiger partial charge in [-0.05, 0) is 25.2 Å². The fourth-order valence-electron chi connectivity index (χ4n) is 1.79. The van der Waals surface area contributed by atoms with Crippen LogP contribution in [0.4, 0.5) is 4.79 Å². The maximum Gasteiger partial charge on any atom is 0.315 e. The quantitative estimate of drug-likeness (QED) is 0.515. The minimum atomic E-state index is -0.925. The second-order valence-electron chi connectivity index (χ2n) is 5.57. The van der Waals surface area contributed by atoms with Gasteiger partial charge in [0.15, 0.2) is 0 Å². The van der Waals surface area contributed by atoms with E-state index in [2.05, 4.69) is 16.0 Å². The van der Waals surface area contributed by atoms with E-state index in [0.717, 1.165) is 12.8 Å². The topological polar surface area (TPSA) is 108 Å². The molecule has 7 heteroatoms. The van der Waals surface area contributed by atoms with Crippen LogP contribution in [-0.2, 0) is 9.59 Å². The van der Waals surface area contributed by atoms with Gasteiger partial charge in [0.05, 0.1) is 12.5 Å². The lowest BCUT2D eigenvalue weighted by Gasteiger charge is -2.15. The van der Waals surface area contributed by atoms with Gasteiger partial charge in [0.1, 0.15) is 0 Å². The number of carboxylic acids is 1. The van der Waals surface area contributed by atoms with E-state index in [4.69, 9.17) is 5.11 Å². The van der Waals surface area contributed by atoms with Crippen LogP contribution >= 0.6 is 0 Å². The van der Waals surface area contributed by atoms with Gasteiger partial charge in [0, 0.05) is 12.6 Å². The first-order chi connectivity index (χ1) is 9.38. The highest BCUT2D eigenvalue weighted by molar-refractivity contribution is 5.84. The number of carbonyl (C=O) groups excluding carboxylic acids is 2. The van der Waals surface area contributed by atoms with Crippen molar-refractivity contribution in [2.24, 2.45) is 11.8 Å². The summed E-state index contributed by atoms with van der Waals surface area (Å²) in [6, 6.07) is -0.263. The number of aliphatic carboxylic acids is 1. The summed E-state index contributed by atoms with van der Waals surface area (Å²) in [5.74, 6) is -1.52. The zero-order valence-electron chi connectivity index (χ0n) is 11.9. The lowest BCUT2D eigenvalue weighted by molar-refractivity contribution is -0.142. The third kappa shape index (κ3) is 6.96. The molecule has 0 aromatic carbocycles. The first kappa shape index (κ1) is 16.3. The van der Waals surface area contributed by atoms with Gasteiger partial charge in [-0.3, -0.25) is 9.59 Å². The standard InChI is InChI=1S/C13H23N3O4/c1-8(2)5-9(12(18)19)6-14-13(20)15-7-11(17)16-10-3-4-10/h8-10H,3-7H2,1-2H3,(H,16,17)(H,18,19)(H2,14,15,20). The summed E-state index contributed by atoms with van der Waals surface area (Å²) in [7, 11) is 0. The van der Waals surface area contributed by atoms with Crippen molar-refractivity contribution in [1.82, 2.24) is 16.0 Å². The average molecular weight is 285 g/mol. The zero-order chi connectivity index (χ0) is 15.1. The molecule has 114 valence electrons. The second kappa shape index (κ2) is 7.72. The van der Waals surface area contributed by atoms with Crippen molar-refractivity contribution in [3.63, 3.8) is 0 Å². The number of amides is 3. The van der Waals surface area contributed by atoms with Gasteiger partial charge < -0.3 is 21.1 Å². The summed E-state index contributed by atoms with van der Waals surface area (Å²) < 4.78 is 0. The number of carboxylic acid groups (broad SMARTS) is 1. The van der Waals surface area contributed by atoms with Crippen LogP contribution in [0.15, 0.2) is 0 Å². The Labute approximate surface area is 118 Å². The van der Waals surface area contributed by atoms with Gasteiger partial charge in [0.2, 0.25) is 5.91 Å². The van der Waals surface area contributed by atoms with Crippen molar-refractivity contribution >= 4 is 17.9 Å². The Balaban J connectivity index is 2.19. The fourth-order valence-corrected chi connectivity index (χ4v) is 1.79. The van der Waals surface area contributed by atoms with E-state index < -0.39 is 17.9 Å². The monoisotopic (exact) mass is 285 g/mol. The molecular formula is C13H23N3O4. The van der Waals surface area contributed by atoms with E-state index in [1.807, 2.05) is 13.8 Å². The van der Waals surface area contributed by atoms with Gasteiger partial charge in [-0.25, -0.2) is 4.79 Å². The van der Waals surface area contributed by atoms with Crippen LogP contribution in [0.2, 0.25) is 0 Å². The molecule has 1 saturated carbocycles. The molecule has 1 rings (SSSR count). The van der Waals surface area contributed by atoms with Crippen molar-refractivity contribution < 1.29 is 19.5 Å². The molecule has 0 saturated heterocycles. The first-order valence-electron chi connectivity index (χ1n) is 6.92. The van der Waals surface area contributed by atoms with Gasteiger partial charge in [-0.1, -0.05) is 13.8 Å². The Morgan fingerprint density at radius 3 is 2.35 bits per heavy atom. The summed E-state index contributed by atoms with van der Waals surface area (Å²) in [4.78, 5) is 33.8. The van der Waals surface area contributed by atoms with Crippen LogP contribution in [0.25, 0.3) is 0 Å². The summed E-state index contributed by atoms with van der Waals surface area (Å²) in [5, 5.41) is 16.7. The first-order valence-corrected chi connectivity index (χ1v) is 6.92. The highest BCUT2D eigenvalue weighted by Crippen LogP contribution is 2.18. The van der Waals surface area contributed by atoms with E-state index in [1.54, 1.807) is 0 Å².